The number of thioether (sulfide) groups is 1. The summed E-state index contributed by atoms with van der Waals surface area (Å²) in [6.45, 7) is 1.73. The number of aliphatic hydroxyl groups is 1. The molecule has 0 aliphatic heterocycles. The molecule has 0 spiro atoms. The average Bonchev–Trinajstić information content (AvgIpc) is 2.28. The number of rotatable bonds is 5. The zero-order chi connectivity index (χ0) is 12.8. The SMILES string of the molecule is COC(=O)CCSc1ccc(C(C)O)c(Br)c1. The minimum atomic E-state index is -0.488. The molecule has 0 fully saturated rings. The van der Waals surface area contributed by atoms with Crippen molar-refractivity contribution in [1.29, 1.82) is 0 Å². The Labute approximate surface area is 114 Å². The molecule has 0 bridgehead atoms. The quantitative estimate of drug-likeness (QED) is 0.669. The van der Waals surface area contributed by atoms with E-state index in [1.54, 1.807) is 18.7 Å². The minimum Gasteiger partial charge on any atom is -0.469 e. The smallest absolute Gasteiger partial charge is 0.306 e. The standard InChI is InChI=1S/C12H15BrO3S/c1-8(14)10-4-3-9(7-11(10)13)17-6-5-12(15)16-2/h3-4,7-8,14H,5-6H2,1-2H3. The predicted molar refractivity (Wildman–Crippen MR) is 72.1 cm³/mol. The van der Waals surface area contributed by atoms with Crippen molar-refractivity contribution in [2.24, 2.45) is 0 Å². The van der Waals surface area contributed by atoms with Gasteiger partial charge in [-0.1, -0.05) is 22.0 Å². The van der Waals surface area contributed by atoms with Crippen LogP contribution in [0.2, 0.25) is 0 Å². The van der Waals surface area contributed by atoms with E-state index in [-0.39, 0.29) is 5.97 Å². The topological polar surface area (TPSA) is 46.5 Å². The first kappa shape index (κ1) is 14.5. The van der Waals surface area contributed by atoms with E-state index in [1.165, 1.54) is 7.11 Å². The molecule has 0 aliphatic rings. The Bertz CT molecular complexity index is 393. The molecule has 1 aromatic rings. The van der Waals surface area contributed by atoms with Gasteiger partial charge in [-0.05, 0) is 24.6 Å². The highest BCUT2D eigenvalue weighted by Crippen LogP contribution is 2.29. The van der Waals surface area contributed by atoms with Crippen LogP contribution >= 0.6 is 27.7 Å². The number of ether oxygens (including phenoxy) is 1. The number of carbonyl (C=O) groups excluding carboxylic acids is 1. The van der Waals surface area contributed by atoms with E-state index in [4.69, 9.17) is 0 Å². The zero-order valence-corrected chi connectivity index (χ0v) is 12.2. The fourth-order valence-electron chi connectivity index (χ4n) is 1.29. The summed E-state index contributed by atoms with van der Waals surface area (Å²) in [5, 5.41) is 9.48. The first-order chi connectivity index (χ1) is 8.04. The lowest BCUT2D eigenvalue weighted by atomic mass is 10.1. The van der Waals surface area contributed by atoms with E-state index in [9.17, 15) is 9.90 Å². The van der Waals surface area contributed by atoms with Crippen LogP contribution in [0.3, 0.4) is 0 Å². The number of aliphatic hydroxyl groups excluding tert-OH is 1. The first-order valence-corrected chi connectivity index (χ1v) is 6.99. The maximum atomic E-state index is 10.9. The van der Waals surface area contributed by atoms with Crippen LogP contribution < -0.4 is 0 Å². The average molecular weight is 319 g/mol. The van der Waals surface area contributed by atoms with Crippen LogP contribution in [0.1, 0.15) is 25.0 Å². The number of esters is 1. The van der Waals surface area contributed by atoms with Crippen molar-refractivity contribution >= 4 is 33.7 Å². The second-order valence-corrected chi connectivity index (χ2v) is 5.56. The molecule has 1 atom stereocenters. The zero-order valence-electron chi connectivity index (χ0n) is 9.77. The van der Waals surface area contributed by atoms with E-state index in [0.717, 1.165) is 14.9 Å². The van der Waals surface area contributed by atoms with E-state index in [0.29, 0.717) is 12.2 Å². The third kappa shape index (κ3) is 4.69. The highest BCUT2D eigenvalue weighted by atomic mass is 79.9. The minimum absolute atomic E-state index is 0.197. The molecule has 3 nitrogen and oxygen atoms in total. The molecule has 17 heavy (non-hydrogen) atoms. The van der Waals surface area contributed by atoms with Crippen LogP contribution in [0, 0.1) is 0 Å². The van der Waals surface area contributed by atoms with Gasteiger partial charge in [0.05, 0.1) is 19.6 Å². The maximum absolute atomic E-state index is 10.9. The summed E-state index contributed by atoms with van der Waals surface area (Å²) in [6.07, 6.45) is -0.0878. The molecule has 5 heteroatoms. The number of benzene rings is 1. The van der Waals surface area contributed by atoms with Crippen molar-refractivity contribution in [1.82, 2.24) is 0 Å². The fraction of sp³-hybridized carbons (Fsp3) is 0.417. The molecule has 94 valence electrons. The second-order valence-electron chi connectivity index (χ2n) is 3.53. The summed E-state index contributed by atoms with van der Waals surface area (Å²) in [5.74, 6) is 0.491. The summed E-state index contributed by atoms with van der Waals surface area (Å²) < 4.78 is 5.45. The van der Waals surface area contributed by atoms with Crippen molar-refractivity contribution in [3.8, 4) is 0 Å². The molecule has 0 radical (unpaired) electrons. The molecule has 0 aromatic heterocycles. The molecule has 1 N–H and O–H groups in total. The number of carbonyl (C=O) groups is 1. The second kappa shape index (κ2) is 7.03. The van der Waals surface area contributed by atoms with E-state index in [2.05, 4.69) is 20.7 Å². The Kier molecular flexibility index (Phi) is 6.02. The Balaban J connectivity index is 2.56. The van der Waals surface area contributed by atoms with Gasteiger partial charge in [-0.15, -0.1) is 11.8 Å². The van der Waals surface area contributed by atoms with Gasteiger partial charge in [0.15, 0.2) is 0 Å². The lowest BCUT2D eigenvalue weighted by molar-refractivity contribution is -0.140. The van der Waals surface area contributed by atoms with Gasteiger partial charge in [0.1, 0.15) is 0 Å². The molecule has 0 saturated heterocycles. The van der Waals surface area contributed by atoms with E-state index < -0.39 is 6.10 Å². The summed E-state index contributed by atoms with van der Waals surface area (Å²) >= 11 is 5.00. The Hall–Kier alpha value is -0.520. The molecule has 1 unspecified atom stereocenters. The van der Waals surface area contributed by atoms with Gasteiger partial charge in [-0.3, -0.25) is 4.79 Å². The van der Waals surface area contributed by atoms with Crippen LogP contribution in [0.15, 0.2) is 27.6 Å². The molecular formula is C12H15BrO3S. The highest BCUT2D eigenvalue weighted by molar-refractivity contribution is 9.10. The van der Waals surface area contributed by atoms with Gasteiger partial charge in [-0.2, -0.15) is 0 Å². The summed E-state index contributed by atoms with van der Waals surface area (Å²) in [4.78, 5) is 12.0. The number of halogens is 1. The number of methoxy groups -OCH3 is 1. The van der Waals surface area contributed by atoms with Crippen molar-refractivity contribution in [3.63, 3.8) is 0 Å². The van der Waals surface area contributed by atoms with Crippen molar-refractivity contribution in [2.75, 3.05) is 12.9 Å². The summed E-state index contributed by atoms with van der Waals surface area (Å²) in [5.41, 5.74) is 0.863. The summed E-state index contributed by atoms with van der Waals surface area (Å²) in [7, 11) is 1.39. The van der Waals surface area contributed by atoms with Crippen LogP contribution in [0.25, 0.3) is 0 Å². The molecule has 1 aromatic carbocycles. The molecular weight excluding hydrogens is 304 g/mol. The van der Waals surface area contributed by atoms with Crippen molar-refractivity contribution in [3.05, 3.63) is 28.2 Å². The normalized spacial score (nSPS) is 12.2. The van der Waals surface area contributed by atoms with Gasteiger partial charge in [-0.25, -0.2) is 0 Å². The fourth-order valence-corrected chi connectivity index (χ4v) is 3.02. The molecule has 0 aliphatic carbocycles. The Morgan fingerprint density at radius 1 is 1.59 bits per heavy atom. The van der Waals surface area contributed by atoms with Crippen LogP contribution in [-0.4, -0.2) is 23.9 Å². The van der Waals surface area contributed by atoms with E-state index in [1.807, 2.05) is 18.2 Å². The monoisotopic (exact) mass is 318 g/mol. The Morgan fingerprint density at radius 2 is 2.29 bits per heavy atom. The number of hydrogen-bond acceptors (Lipinski definition) is 4. The number of hydrogen-bond donors (Lipinski definition) is 1. The third-order valence-corrected chi connectivity index (χ3v) is 3.91. The molecule has 0 amide bonds. The lowest BCUT2D eigenvalue weighted by Crippen LogP contribution is -2.01. The van der Waals surface area contributed by atoms with Crippen LogP contribution in [0.4, 0.5) is 0 Å². The molecule has 0 heterocycles. The maximum Gasteiger partial charge on any atom is 0.306 e. The lowest BCUT2D eigenvalue weighted by Gasteiger charge is -2.09. The highest BCUT2D eigenvalue weighted by Gasteiger charge is 2.07. The largest absolute Gasteiger partial charge is 0.469 e. The molecule has 0 saturated carbocycles. The molecule has 1 rings (SSSR count). The van der Waals surface area contributed by atoms with Gasteiger partial charge < -0.3 is 9.84 Å². The van der Waals surface area contributed by atoms with Gasteiger partial charge in [0.25, 0.3) is 0 Å². The van der Waals surface area contributed by atoms with Crippen LogP contribution in [0.5, 0.6) is 0 Å². The van der Waals surface area contributed by atoms with E-state index >= 15 is 0 Å². The van der Waals surface area contributed by atoms with Crippen LogP contribution in [-0.2, 0) is 9.53 Å². The van der Waals surface area contributed by atoms with Crippen molar-refractivity contribution < 1.29 is 14.6 Å². The third-order valence-electron chi connectivity index (χ3n) is 2.22. The summed E-state index contributed by atoms with van der Waals surface area (Å²) in [6, 6.07) is 5.77. The van der Waals surface area contributed by atoms with Gasteiger partial charge in [0.2, 0.25) is 0 Å². The predicted octanol–water partition coefficient (Wildman–Crippen LogP) is 3.16. The Morgan fingerprint density at radius 3 is 2.82 bits per heavy atom. The van der Waals surface area contributed by atoms with Gasteiger partial charge in [0, 0.05) is 15.1 Å². The van der Waals surface area contributed by atoms with Gasteiger partial charge >= 0.3 is 5.97 Å². The first-order valence-electron chi connectivity index (χ1n) is 5.21. The van der Waals surface area contributed by atoms with Crippen molar-refractivity contribution in [2.45, 2.75) is 24.3 Å².